The molecule has 2 heterocycles. The van der Waals surface area contributed by atoms with Crippen molar-refractivity contribution in [3.8, 4) is 5.88 Å². The Bertz CT molecular complexity index is 492. The van der Waals surface area contributed by atoms with E-state index < -0.39 is 0 Å². The van der Waals surface area contributed by atoms with Gasteiger partial charge in [0.1, 0.15) is 6.61 Å². The maximum Gasteiger partial charge on any atom is 0.237 e. The maximum absolute atomic E-state index is 6.16. The van der Waals surface area contributed by atoms with Crippen LogP contribution in [0.5, 0.6) is 5.88 Å². The van der Waals surface area contributed by atoms with E-state index in [9.17, 15) is 0 Å². The van der Waals surface area contributed by atoms with Crippen LogP contribution >= 0.6 is 0 Å². The van der Waals surface area contributed by atoms with E-state index in [2.05, 4.69) is 20.5 Å². The van der Waals surface area contributed by atoms with Crippen LogP contribution in [0.2, 0.25) is 0 Å². The molecule has 2 aromatic heterocycles. The molecule has 0 aliphatic heterocycles. The topological polar surface area (TPSA) is 91.2 Å². The maximum atomic E-state index is 6.16. The normalized spacial score (nSPS) is 11.9. The average Bonchev–Trinajstić information content (AvgIpc) is 2.84. The van der Waals surface area contributed by atoms with Gasteiger partial charge in [0.05, 0.1) is 12.4 Å². The fraction of sp³-hybridized carbons (Fsp3) is 0.600. The van der Waals surface area contributed by atoms with Gasteiger partial charge < -0.3 is 10.5 Å². The summed E-state index contributed by atoms with van der Waals surface area (Å²) in [5.74, 6) is 0.504. The van der Waals surface area contributed by atoms with Crippen LogP contribution in [0.4, 0.5) is 0 Å². The molecule has 0 saturated carbocycles. The standard InChI is InChI=1S/C10H16N6O/c1-3-10(11,4-2)7-17-9-6-12-5-8-13-14-15-16(8)9/h5-6H,3-4,7,11H2,1-2H3. The van der Waals surface area contributed by atoms with Gasteiger partial charge in [0.15, 0.2) is 0 Å². The highest BCUT2D eigenvalue weighted by Gasteiger charge is 2.21. The van der Waals surface area contributed by atoms with Crippen molar-refractivity contribution in [2.24, 2.45) is 5.73 Å². The zero-order valence-corrected chi connectivity index (χ0v) is 10.00. The van der Waals surface area contributed by atoms with Crippen molar-refractivity contribution in [1.82, 2.24) is 25.0 Å². The van der Waals surface area contributed by atoms with E-state index in [0.717, 1.165) is 12.8 Å². The highest BCUT2D eigenvalue weighted by Crippen LogP contribution is 2.15. The van der Waals surface area contributed by atoms with E-state index in [-0.39, 0.29) is 5.54 Å². The number of rotatable bonds is 5. The fourth-order valence-electron chi connectivity index (χ4n) is 1.42. The molecule has 2 aromatic rings. The number of fused-ring (bicyclic) bond motifs is 1. The van der Waals surface area contributed by atoms with Gasteiger partial charge in [-0.3, -0.25) is 4.98 Å². The van der Waals surface area contributed by atoms with Crippen molar-refractivity contribution in [2.75, 3.05) is 6.61 Å². The van der Waals surface area contributed by atoms with Gasteiger partial charge in [-0.15, -0.1) is 5.10 Å². The molecule has 0 aliphatic rings. The second kappa shape index (κ2) is 4.62. The number of nitrogens with zero attached hydrogens (tertiary/aromatic N) is 5. The third-order valence-electron chi connectivity index (χ3n) is 2.99. The van der Waals surface area contributed by atoms with Crippen LogP contribution in [-0.4, -0.2) is 37.2 Å². The first-order valence-corrected chi connectivity index (χ1v) is 5.62. The molecule has 0 atom stereocenters. The summed E-state index contributed by atoms with van der Waals surface area (Å²) in [5, 5.41) is 11.2. The molecule has 7 heteroatoms. The highest BCUT2D eigenvalue weighted by molar-refractivity contribution is 5.34. The van der Waals surface area contributed by atoms with Crippen molar-refractivity contribution in [3.63, 3.8) is 0 Å². The molecule has 17 heavy (non-hydrogen) atoms. The third kappa shape index (κ3) is 2.33. The number of hydrogen-bond donors (Lipinski definition) is 1. The first kappa shape index (κ1) is 11.7. The fourth-order valence-corrected chi connectivity index (χ4v) is 1.42. The molecule has 0 saturated heterocycles. The van der Waals surface area contributed by atoms with Crippen molar-refractivity contribution < 1.29 is 4.74 Å². The van der Waals surface area contributed by atoms with Gasteiger partial charge in [0, 0.05) is 5.54 Å². The quantitative estimate of drug-likeness (QED) is 0.808. The predicted octanol–water partition coefficient (Wildman–Crippen LogP) is 0.416. The highest BCUT2D eigenvalue weighted by atomic mass is 16.5. The molecule has 0 unspecified atom stereocenters. The number of tetrazole rings is 1. The first-order chi connectivity index (χ1) is 8.18. The van der Waals surface area contributed by atoms with Crippen molar-refractivity contribution in [2.45, 2.75) is 32.2 Å². The molecule has 0 aliphatic carbocycles. The summed E-state index contributed by atoms with van der Waals surface area (Å²) < 4.78 is 7.16. The van der Waals surface area contributed by atoms with Crippen LogP contribution in [0.3, 0.4) is 0 Å². The largest absolute Gasteiger partial charge is 0.475 e. The number of ether oxygens (including phenoxy) is 1. The summed E-state index contributed by atoms with van der Waals surface area (Å²) in [5.41, 5.74) is 6.39. The monoisotopic (exact) mass is 236 g/mol. The Balaban J connectivity index is 2.16. The Labute approximate surface area is 99.0 Å². The van der Waals surface area contributed by atoms with Crippen LogP contribution in [-0.2, 0) is 0 Å². The minimum atomic E-state index is -0.323. The molecule has 0 fully saturated rings. The summed E-state index contributed by atoms with van der Waals surface area (Å²) >= 11 is 0. The summed E-state index contributed by atoms with van der Waals surface area (Å²) in [4.78, 5) is 4.01. The molecular weight excluding hydrogens is 220 g/mol. The van der Waals surface area contributed by atoms with Crippen LogP contribution in [0.25, 0.3) is 5.65 Å². The Morgan fingerprint density at radius 1 is 1.35 bits per heavy atom. The Kier molecular flexibility index (Phi) is 3.19. The lowest BCUT2D eigenvalue weighted by molar-refractivity contribution is 0.196. The van der Waals surface area contributed by atoms with E-state index in [1.807, 2.05) is 13.8 Å². The smallest absolute Gasteiger partial charge is 0.237 e. The lowest BCUT2D eigenvalue weighted by Gasteiger charge is -2.26. The predicted molar refractivity (Wildman–Crippen MR) is 61.6 cm³/mol. The van der Waals surface area contributed by atoms with Gasteiger partial charge >= 0.3 is 0 Å². The summed E-state index contributed by atoms with van der Waals surface area (Å²) in [6.07, 6.45) is 4.85. The van der Waals surface area contributed by atoms with Crippen LogP contribution in [0, 0.1) is 0 Å². The van der Waals surface area contributed by atoms with Gasteiger partial charge in [0.25, 0.3) is 0 Å². The second-order valence-corrected chi connectivity index (χ2v) is 4.05. The molecule has 2 rings (SSSR count). The van der Waals surface area contributed by atoms with E-state index in [1.54, 1.807) is 12.4 Å². The Morgan fingerprint density at radius 2 is 2.12 bits per heavy atom. The van der Waals surface area contributed by atoms with Gasteiger partial charge in [-0.1, -0.05) is 13.8 Å². The number of hydrogen-bond acceptors (Lipinski definition) is 6. The van der Waals surface area contributed by atoms with E-state index in [0.29, 0.717) is 18.1 Å². The van der Waals surface area contributed by atoms with Gasteiger partial charge in [0.2, 0.25) is 11.5 Å². The SMILES string of the molecule is CCC(N)(CC)COc1cncc2nnnn12. The number of nitrogens with two attached hydrogens (primary N) is 1. The molecule has 0 bridgehead atoms. The van der Waals surface area contributed by atoms with E-state index >= 15 is 0 Å². The molecular formula is C10H16N6O. The van der Waals surface area contributed by atoms with Gasteiger partial charge in [-0.25, -0.2) is 0 Å². The molecule has 0 amide bonds. The van der Waals surface area contributed by atoms with Crippen molar-refractivity contribution >= 4 is 5.65 Å². The average molecular weight is 236 g/mol. The summed E-state index contributed by atoms with van der Waals surface area (Å²) in [7, 11) is 0. The molecule has 7 nitrogen and oxygen atoms in total. The van der Waals surface area contributed by atoms with Crippen molar-refractivity contribution in [3.05, 3.63) is 12.4 Å². The van der Waals surface area contributed by atoms with E-state index in [4.69, 9.17) is 10.5 Å². The molecule has 0 aromatic carbocycles. The van der Waals surface area contributed by atoms with Crippen LogP contribution in [0.15, 0.2) is 12.4 Å². The minimum Gasteiger partial charge on any atom is -0.475 e. The van der Waals surface area contributed by atoms with Crippen LogP contribution in [0.1, 0.15) is 26.7 Å². The molecule has 2 N–H and O–H groups in total. The molecule has 0 spiro atoms. The lowest BCUT2D eigenvalue weighted by atomic mass is 9.96. The number of aromatic nitrogens is 5. The zero-order valence-electron chi connectivity index (χ0n) is 10.00. The Morgan fingerprint density at radius 3 is 2.82 bits per heavy atom. The zero-order chi connectivity index (χ0) is 12.3. The first-order valence-electron chi connectivity index (χ1n) is 5.62. The molecule has 0 radical (unpaired) electrons. The van der Waals surface area contributed by atoms with Crippen molar-refractivity contribution in [1.29, 1.82) is 0 Å². The van der Waals surface area contributed by atoms with Gasteiger partial charge in [-0.05, 0) is 23.3 Å². The summed E-state index contributed by atoms with van der Waals surface area (Å²) in [6.45, 7) is 4.51. The third-order valence-corrected chi connectivity index (χ3v) is 2.99. The van der Waals surface area contributed by atoms with Gasteiger partial charge in [-0.2, -0.15) is 4.52 Å². The van der Waals surface area contributed by atoms with E-state index in [1.165, 1.54) is 4.52 Å². The minimum absolute atomic E-state index is 0.323. The molecule has 92 valence electrons. The Hall–Kier alpha value is -1.76. The van der Waals surface area contributed by atoms with Crippen LogP contribution < -0.4 is 10.5 Å². The summed E-state index contributed by atoms with van der Waals surface area (Å²) in [6, 6.07) is 0. The lowest BCUT2D eigenvalue weighted by Crippen LogP contribution is -2.44. The second-order valence-electron chi connectivity index (χ2n) is 4.05.